The molecule has 13 nitrogen and oxygen atoms in total. The first kappa shape index (κ1) is 28.4. The van der Waals surface area contributed by atoms with E-state index in [2.05, 4.69) is 66.5 Å². The largest absolute Gasteiger partial charge is 0.483 e. The highest BCUT2D eigenvalue weighted by atomic mass is 16.3. The minimum absolute atomic E-state index is 0.0387. The molecular formula is C27H34N10O3. The van der Waals surface area contributed by atoms with Crippen LogP contribution in [0.15, 0.2) is 43.0 Å². The predicted molar refractivity (Wildman–Crippen MR) is 154 cm³/mol. The summed E-state index contributed by atoms with van der Waals surface area (Å²) in [5.74, 6) is 0.0785. The molecule has 1 aliphatic heterocycles. The summed E-state index contributed by atoms with van der Waals surface area (Å²) in [4.78, 5) is 43.7. The molecule has 5 N–H and O–H groups in total. The predicted octanol–water partition coefficient (Wildman–Crippen LogP) is 2.32. The molecule has 13 heteroatoms. The number of primary amides is 1. The van der Waals surface area contributed by atoms with Crippen molar-refractivity contribution in [2.45, 2.75) is 13.0 Å². The van der Waals surface area contributed by atoms with E-state index >= 15 is 0 Å². The summed E-state index contributed by atoms with van der Waals surface area (Å²) in [5, 5.41) is 13.2. The summed E-state index contributed by atoms with van der Waals surface area (Å²) in [6, 6.07) is 8.49. The van der Waals surface area contributed by atoms with Crippen molar-refractivity contribution < 1.29 is 14.7 Å². The van der Waals surface area contributed by atoms with Crippen LogP contribution >= 0.6 is 0 Å². The number of nitrogens with two attached hydrogens (primary N) is 1. The van der Waals surface area contributed by atoms with Gasteiger partial charge in [0.15, 0.2) is 17.3 Å². The standard InChI is InChI=1S/C26H32N10O.CH2O2/c1-16(36-11-9-34(3)10-12-36)17-5-7-18(8-6-17)31-26-23(24(27)37)32-22(25(28-2)33-26)19-13-29-14-20-21(19)30-15-35(20)4;2-1-3/h5-8,13-16H,9-12H2,1-4H3,(H2,27,37)(H2,28,31,33);1H,(H,2,3)/t16-;/m1./s1. The molecule has 1 aliphatic rings. The normalized spacial score (nSPS) is 14.7. The van der Waals surface area contributed by atoms with E-state index in [0.29, 0.717) is 28.6 Å². The Morgan fingerprint density at radius 2 is 1.75 bits per heavy atom. The number of nitrogens with one attached hydrogen (secondary N) is 2. The van der Waals surface area contributed by atoms with Gasteiger partial charge in [-0.2, -0.15) is 0 Å². The van der Waals surface area contributed by atoms with Crippen molar-refractivity contribution in [2.75, 3.05) is 50.9 Å². The van der Waals surface area contributed by atoms with Crippen molar-refractivity contribution >= 4 is 40.7 Å². The molecule has 3 aromatic heterocycles. The van der Waals surface area contributed by atoms with Crippen LogP contribution in [0.1, 0.15) is 29.0 Å². The van der Waals surface area contributed by atoms with Crippen LogP contribution in [0.3, 0.4) is 0 Å². The lowest BCUT2D eigenvalue weighted by molar-refractivity contribution is -0.122. The molecule has 0 unspecified atom stereocenters. The number of imidazole rings is 1. The Morgan fingerprint density at radius 3 is 2.38 bits per heavy atom. The Kier molecular flexibility index (Phi) is 8.86. The molecule has 0 radical (unpaired) electrons. The average Bonchev–Trinajstić information content (AvgIpc) is 3.34. The average molecular weight is 547 g/mol. The number of anilines is 3. The molecule has 1 saturated heterocycles. The second-order valence-corrected chi connectivity index (χ2v) is 9.51. The van der Waals surface area contributed by atoms with Gasteiger partial charge in [-0.15, -0.1) is 0 Å². The van der Waals surface area contributed by atoms with Gasteiger partial charge in [-0.3, -0.25) is 19.5 Å². The number of nitrogens with zero attached hydrogens (tertiary/aromatic N) is 7. The number of fused-ring (bicyclic) bond motifs is 1. The maximum absolute atomic E-state index is 12.4. The Hall–Kier alpha value is -4.62. The van der Waals surface area contributed by atoms with Crippen LogP contribution in [-0.2, 0) is 11.8 Å². The highest BCUT2D eigenvalue weighted by Crippen LogP contribution is 2.32. The van der Waals surface area contributed by atoms with Crippen molar-refractivity contribution in [3.8, 4) is 11.3 Å². The number of aromatic nitrogens is 5. The molecule has 1 atom stereocenters. The number of hydrogen-bond acceptors (Lipinski definition) is 10. The Balaban J connectivity index is 0.00000118. The van der Waals surface area contributed by atoms with Crippen LogP contribution in [-0.4, -0.2) is 92.1 Å². The number of rotatable bonds is 7. The molecule has 210 valence electrons. The van der Waals surface area contributed by atoms with Gasteiger partial charge < -0.3 is 30.9 Å². The van der Waals surface area contributed by atoms with E-state index in [-0.39, 0.29) is 18.0 Å². The van der Waals surface area contributed by atoms with Crippen molar-refractivity contribution in [3.63, 3.8) is 0 Å². The lowest BCUT2D eigenvalue weighted by atomic mass is 10.1. The molecule has 0 saturated carbocycles. The van der Waals surface area contributed by atoms with E-state index in [4.69, 9.17) is 15.6 Å². The third-order valence-corrected chi connectivity index (χ3v) is 7.00. The summed E-state index contributed by atoms with van der Waals surface area (Å²) in [6.07, 6.45) is 5.11. The van der Waals surface area contributed by atoms with E-state index < -0.39 is 5.91 Å². The molecule has 4 heterocycles. The fraction of sp³-hybridized carbons (Fsp3) is 0.333. The number of aryl methyl sites for hydroxylation is 1. The van der Waals surface area contributed by atoms with Gasteiger partial charge in [0.2, 0.25) is 0 Å². The molecule has 4 aromatic rings. The summed E-state index contributed by atoms with van der Waals surface area (Å²) >= 11 is 0. The number of benzene rings is 1. The number of carbonyl (C=O) groups is 2. The van der Waals surface area contributed by atoms with Gasteiger partial charge in [0, 0.05) is 58.2 Å². The Morgan fingerprint density at radius 1 is 1.07 bits per heavy atom. The molecule has 1 fully saturated rings. The van der Waals surface area contributed by atoms with Crippen LogP contribution in [0.2, 0.25) is 0 Å². The fourth-order valence-corrected chi connectivity index (χ4v) is 4.67. The second-order valence-electron chi connectivity index (χ2n) is 9.51. The summed E-state index contributed by atoms with van der Waals surface area (Å²) in [5.41, 5.74) is 10.5. The number of carboxylic acid groups (broad SMARTS) is 1. The summed E-state index contributed by atoms with van der Waals surface area (Å²) in [6.45, 7) is 6.24. The maximum Gasteiger partial charge on any atom is 0.290 e. The lowest BCUT2D eigenvalue weighted by Gasteiger charge is -2.36. The SMILES string of the molecule is CNc1nc(Nc2ccc([C@@H](C)N3CCN(C)CC3)cc2)c(C(N)=O)nc1-c1cncc2c1ncn2C.O=CO. The smallest absolute Gasteiger partial charge is 0.290 e. The number of pyridine rings is 1. The quantitative estimate of drug-likeness (QED) is 0.251. The zero-order chi connectivity index (χ0) is 28.8. The highest BCUT2D eigenvalue weighted by molar-refractivity contribution is 5.99. The molecular weight excluding hydrogens is 512 g/mol. The molecule has 1 aromatic carbocycles. The zero-order valence-corrected chi connectivity index (χ0v) is 23.0. The first-order valence-corrected chi connectivity index (χ1v) is 12.8. The Labute approximate surface area is 232 Å². The third kappa shape index (κ3) is 6.00. The zero-order valence-electron chi connectivity index (χ0n) is 23.0. The minimum atomic E-state index is -0.680. The maximum atomic E-state index is 12.4. The van der Waals surface area contributed by atoms with E-state index in [1.54, 1.807) is 25.8 Å². The topological polar surface area (TPSA) is 167 Å². The van der Waals surface area contributed by atoms with Crippen LogP contribution < -0.4 is 16.4 Å². The van der Waals surface area contributed by atoms with E-state index in [0.717, 1.165) is 37.4 Å². The number of likely N-dealkylation sites (N-methyl/N-ethyl adjacent to an activating group) is 1. The van der Waals surface area contributed by atoms with Gasteiger partial charge in [-0.1, -0.05) is 12.1 Å². The van der Waals surface area contributed by atoms with E-state index in [1.807, 2.05) is 23.7 Å². The van der Waals surface area contributed by atoms with E-state index in [9.17, 15) is 4.79 Å². The second kappa shape index (κ2) is 12.5. The van der Waals surface area contributed by atoms with Crippen LogP contribution in [0.4, 0.5) is 17.3 Å². The molecule has 0 bridgehead atoms. The summed E-state index contributed by atoms with van der Waals surface area (Å²) in [7, 11) is 5.81. The van der Waals surface area contributed by atoms with Crippen LogP contribution in [0, 0.1) is 0 Å². The Bertz CT molecular complexity index is 1480. The van der Waals surface area contributed by atoms with Crippen molar-refractivity contribution in [2.24, 2.45) is 12.8 Å². The van der Waals surface area contributed by atoms with Crippen molar-refractivity contribution in [1.29, 1.82) is 0 Å². The molecule has 0 spiro atoms. The van der Waals surface area contributed by atoms with Crippen molar-refractivity contribution in [1.82, 2.24) is 34.3 Å². The number of carbonyl (C=O) groups excluding carboxylic acids is 1. The number of piperazine rings is 1. The van der Waals surface area contributed by atoms with Gasteiger partial charge >= 0.3 is 0 Å². The molecule has 40 heavy (non-hydrogen) atoms. The number of amides is 1. The van der Waals surface area contributed by atoms with Crippen LogP contribution in [0.25, 0.3) is 22.3 Å². The summed E-state index contributed by atoms with van der Waals surface area (Å²) < 4.78 is 1.87. The first-order chi connectivity index (χ1) is 19.3. The minimum Gasteiger partial charge on any atom is -0.483 e. The molecule has 0 aliphatic carbocycles. The number of hydrogen-bond donors (Lipinski definition) is 4. The fourth-order valence-electron chi connectivity index (χ4n) is 4.67. The van der Waals surface area contributed by atoms with Gasteiger partial charge in [0.25, 0.3) is 12.4 Å². The van der Waals surface area contributed by atoms with Gasteiger partial charge in [0.1, 0.15) is 11.2 Å². The van der Waals surface area contributed by atoms with Crippen LogP contribution in [0.5, 0.6) is 0 Å². The molecule has 5 rings (SSSR count). The first-order valence-electron chi connectivity index (χ1n) is 12.8. The van der Waals surface area contributed by atoms with Gasteiger partial charge in [-0.25, -0.2) is 15.0 Å². The van der Waals surface area contributed by atoms with Crippen molar-refractivity contribution in [3.05, 3.63) is 54.2 Å². The lowest BCUT2D eigenvalue weighted by Crippen LogP contribution is -2.45. The van der Waals surface area contributed by atoms with Gasteiger partial charge in [-0.05, 0) is 31.7 Å². The third-order valence-electron chi connectivity index (χ3n) is 7.00. The van der Waals surface area contributed by atoms with E-state index in [1.165, 1.54) is 5.56 Å². The highest BCUT2D eigenvalue weighted by Gasteiger charge is 2.22. The monoisotopic (exact) mass is 546 g/mol. The molecule has 1 amide bonds. The van der Waals surface area contributed by atoms with Gasteiger partial charge in [0.05, 0.1) is 23.6 Å².